The molecule has 0 saturated carbocycles. The fraction of sp³-hybridized carbons (Fsp3) is 0.400. The van der Waals surface area contributed by atoms with Crippen LogP contribution in [0.4, 0.5) is 5.13 Å². The standard InChI is InChI=1S/C25H32ClN5O4SSi/c1-25(2,3)37(5,6)31-18(13-12-16-10-8-7-9-11-16)21(23(31)34)29-22(33)20(30-35-4)17-15-36-24(27-17)28-19(32)14-26/h7-13,15,18,21H,14H2,1-6H3,(H,29,33)(H,27,28,32)/b13-12+,30-20-/t18-,21+/m0/s1. The molecule has 37 heavy (non-hydrogen) atoms. The lowest BCUT2D eigenvalue weighted by Gasteiger charge is -2.57. The van der Waals surface area contributed by atoms with E-state index in [1.807, 2.05) is 47.0 Å². The van der Waals surface area contributed by atoms with Crippen LogP contribution < -0.4 is 10.6 Å². The van der Waals surface area contributed by atoms with Crippen molar-refractivity contribution in [1.29, 1.82) is 0 Å². The zero-order valence-corrected chi connectivity index (χ0v) is 24.3. The van der Waals surface area contributed by atoms with Crippen LogP contribution in [0.2, 0.25) is 18.1 Å². The zero-order chi connectivity index (χ0) is 27.4. The molecule has 2 heterocycles. The minimum absolute atomic E-state index is 0.0798. The minimum Gasteiger partial charge on any atom is -0.398 e. The Morgan fingerprint density at radius 3 is 2.54 bits per heavy atom. The van der Waals surface area contributed by atoms with Gasteiger partial charge in [0.2, 0.25) is 11.8 Å². The lowest BCUT2D eigenvalue weighted by molar-refractivity contribution is -0.143. The lowest BCUT2D eigenvalue weighted by atomic mass is 9.97. The van der Waals surface area contributed by atoms with Crippen molar-refractivity contribution in [3.63, 3.8) is 0 Å². The Bertz CT molecular complexity index is 1210. The number of benzene rings is 1. The molecule has 1 saturated heterocycles. The van der Waals surface area contributed by atoms with Crippen LogP contribution in [-0.4, -0.2) is 66.3 Å². The zero-order valence-electron chi connectivity index (χ0n) is 21.7. The van der Waals surface area contributed by atoms with Crippen LogP contribution in [0.15, 0.2) is 46.9 Å². The molecule has 3 amide bonds. The van der Waals surface area contributed by atoms with Crippen molar-refractivity contribution in [3.8, 4) is 0 Å². The van der Waals surface area contributed by atoms with Gasteiger partial charge >= 0.3 is 0 Å². The van der Waals surface area contributed by atoms with E-state index in [1.165, 1.54) is 7.11 Å². The molecule has 1 aliphatic rings. The first-order valence-electron chi connectivity index (χ1n) is 11.7. The highest BCUT2D eigenvalue weighted by atomic mass is 35.5. The molecule has 0 aliphatic carbocycles. The molecule has 2 N–H and O–H groups in total. The van der Waals surface area contributed by atoms with E-state index in [9.17, 15) is 14.4 Å². The first-order chi connectivity index (χ1) is 17.4. The highest BCUT2D eigenvalue weighted by Crippen LogP contribution is 2.43. The summed E-state index contributed by atoms with van der Waals surface area (Å²) < 4.78 is 1.95. The van der Waals surface area contributed by atoms with Gasteiger partial charge < -0.3 is 20.0 Å². The summed E-state index contributed by atoms with van der Waals surface area (Å²) in [6.07, 6.45) is 3.94. The van der Waals surface area contributed by atoms with Crippen LogP contribution >= 0.6 is 22.9 Å². The van der Waals surface area contributed by atoms with Crippen LogP contribution in [0.5, 0.6) is 0 Å². The summed E-state index contributed by atoms with van der Waals surface area (Å²) in [6, 6.07) is 8.70. The summed E-state index contributed by atoms with van der Waals surface area (Å²) in [5.74, 6) is -1.38. The van der Waals surface area contributed by atoms with E-state index in [1.54, 1.807) is 5.38 Å². The molecule has 3 rings (SSSR count). The number of carbonyl (C=O) groups is 3. The number of hydrogen-bond acceptors (Lipinski definition) is 7. The second-order valence-electron chi connectivity index (χ2n) is 10.1. The van der Waals surface area contributed by atoms with Gasteiger partial charge in [-0.15, -0.1) is 22.9 Å². The normalized spacial score (nSPS) is 18.5. The van der Waals surface area contributed by atoms with Gasteiger partial charge in [0, 0.05) is 5.38 Å². The van der Waals surface area contributed by atoms with E-state index in [-0.39, 0.29) is 39.4 Å². The van der Waals surface area contributed by atoms with E-state index in [0.717, 1.165) is 16.9 Å². The summed E-state index contributed by atoms with van der Waals surface area (Å²) in [5.41, 5.74) is 1.10. The number of alkyl halides is 1. The maximum absolute atomic E-state index is 13.5. The molecule has 12 heteroatoms. The number of halogens is 1. The van der Waals surface area contributed by atoms with E-state index in [4.69, 9.17) is 16.4 Å². The van der Waals surface area contributed by atoms with Gasteiger partial charge in [-0.3, -0.25) is 14.4 Å². The van der Waals surface area contributed by atoms with Gasteiger partial charge in [0.25, 0.3) is 5.91 Å². The van der Waals surface area contributed by atoms with Gasteiger partial charge in [0.05, 0.1) is 6.04 Å². The van der Waals surface area contributed by atoms with Crippen molar-refractivity contribution in [1.82, 2.24) is 14.9 Å². The van der Waals surface area contributed by atoms with Gasteiger partial charge in [0.15, 0.2) is 19.1 Å². The third-order valence-corrected chi connectivity index (χ3v) is 13.1. The largest absolute Gasteiger partial charge is 0.398 e. The Kier molecular flexibility index (Phi) is 8.93. The summed E-state index contributed by atoms with van der Waals surface area (Å²) in [5, 5.41) is 11.0. The fourth-order valence-corrected chi connectivity index (χ4v) is 6.91. The maximum atomic E-state index is 13.5. The molecule has 0 radical (unpaired) electrons. The SMILES string of the molecule is CO/N=C(\C(=O)N[C@H]1C(=O)N([Si](C)(C)C(C)(C)C)[C@H]1/C=C/c1ccccc1)c1csc(NC(=O)CCl)n1. The van der Waals surface area contributed by atoms with Crippen molar-refractivity contribution in [2.24, 2.45) is 5.16 Å². The smallest absolute Gasteiger partial charge is 0.276 e. The van der Waals surface area contributed by atoms with Crippen molar-refractivity contribution >= 4 is 65.8 Å². The van der Waals surface area contributed by atoms with Crippen LogP contribution in [0.1, 0.15) is 32.0 Å². The number of carbonyl (C=O) groups excluding carboxylic acids is 3. The number of hydrogen-bond donors (Lipinski definition) is 2. The van der Waals surface area contributed by atoms with Gasteiger partial charge in [0.1, 0.15) is 24.7 Å². The van der Waals surface area contributed by atoms with Gasteiger partial charge in [-0.2, -0.15) is 0 Å². The molecular weight excluding hydrogens is 530 g/mol. The third-order valence-electron chi connectivity index (χ3n) is 6.67. The van der Waals surface area contributed by atoms with Gasteiger partial charge in [-0.05, 0) is 10.6 Å². The number of thiazole rings is 1. The summed E-state index contributed by atoms with van der Waals surface area (Å²) >= 11 is 6.65. The number of nitrogens with zero attached hydrogens (tertiary/aromatic N) is 3. The average Bonchev–Trinajstić information content (AvgIpc) is 3.30. The topological polar surface area (TPSA) is 113 Å². The quantitative estimate of drug-likeness (QED) is 0.157. The Hall–Kier alpha value is -3.02. The Labute approximate surface area is 227 Å². The fourth-order valence-electron chi connectivity index (χ4n) is 3.74. The molecule has 0 spiro atoms. The molecule has 0 bridgehead atoms. The van der Waals surface area contributed by atoms with Crippen molar-refractivity contribution in [2.75, 3.05) is 18.3 Å². The number of anilines is 1. The predicted molar refractivity (Wildman–Crippen MR) is 150 cm³/mol. The maximum Gasteiger partial charge on any atom is 0.276 e. The number of nitrogens with one attached hydrogen (secondary N) is 2. The molecule has 1 fully saturated rings. The second-order valence-corrected chi connectivity index (χ2v) is 16.3. The average molecular weight is 562 g/mol. The van der Waals surface area contributed by atoms with E-state index in [2.05, 4.69) is 54.6 Å². The molecule has 2 atom stereocenters. The lowest BCUT2D eigenvalue weighted by Crippen LogP contribution is -2.78. The summed E-state index contributed by atoms with van der Waals surface area (Å²) in [6.45, 7) is 10.7. The monoisotopic (exact) mass is 561 g/mol. The molecule has 9 nitrogen and oxygen atoms in total. The highest BCUT2D eigenvalue weighted by Gasteiger charge is 2.57. The summed E-state index contributed by atoms with van der Waals surface area (Å²) in [4.78, 5) is 47.5. The molecule has 1 aliphatic heterocycles. The van der Waals surface area contributed by atoms with Crippen LogP contribution in [0, 0.1) is 0 Å². The van der Waals surface area contributed by atoms with Crippen LogP contribution in [0.3, 0.4) is 0 Å². The Morgan fingerprint density at radius 1 is 1.27 bits per heavy atom. The predicted octanol–water partition coefficient (Wildman–Crippen LogP) is 4.09. The van der Waals surface area contributed by atoms with Crippen molar-refractivity contribution in [2.45, 2.75) is 51.0 Å². The molecular formula is C25H32ClN5O4SSi. The molecule has 0 unspecified atom stereocenters. The van der Waals surface area contributed by atoms with Gasteiger partial charge in [-0.1, -0.05) is 81.5 Å². The van der Waals surface area contributed by atoms with Gasteiger partial charge in [-0.25, -0.2) is 4.98 Å². The Balaban J connectivity index is 1.87. The molecule has 1 aromatic heterocycles. The third kappa shape index (κ3) is 6.28. The molecule has 1 aromatic carbocycles. The first kappa shape index (κ1) is 28.5. The minimum atomic E-state index is -2.24. The Morgan fingerprint density at radius 2 is 1.95 bits per heavy atom. The number of amides is 3. The van der Waals surface area contributed by atoms with E-state index >= 15 is 0 Å². The highest BCUT2D eigenvalue weighted by molar-refractivity contribution is 7.14. The van der Waals surface area contributed by atoms with E-state index < -0.39 is 26.1 Å². The number of oxime groups is 1. The van der Waals surface area contributed by atoms with Crippen LogP contribution in [0.25, 0.3) is 6.08 Å². The van der Waals surface area contributed by atoms with Crippen molar-refractivity contribution in [3.05, 3.63) is 53.0 Å². The summed E-state index contributed by atoms with van der Waals surface area (Å²) in [7, 11) is -0.922. The number of aromatic nitrogens is 1. The first-order valence-corrected chi connectivity index (χ1v) is 16.1. The second kappa shape index (κ2) is 11.6. The van der Waals surface area contributed by atoms with Crippen LogP contribution in [-0.2, 0) is 19.2 Å². The van der Waals surface area contributed by atoms with E-state index in [0.29, 0.717) is 0 Å². The molecule has 2 aromatic rings. The number of rotatable bonds is 9. The molecule has 198 valence electrons. The number of β-lactam (4-membered cyclic amide) rings is 1. The van der Waals surface area contributed by atoms with Crippen molar-refractivity contribution < 1.29 is 19.2 Å².